The summed E-state index contributed by atoms with van der Waals surface area (Å²) in [6.07, 6.45) is 7.87. The molecule has 0 saturated heterocycles. The molecule has 0 amide bonds. The highest BCUT2D eigenvalue weighted by atomic mass is 79.9. The van der Waals surface area contributed by atoms with Gasteiger partial charge in [-0.05, 0) is 130 Å². The lowest BCUT2D eigenvalue weighted by Gasteiger charge is -2.24. The van der Waals surface area contributed by atoms with Crippen molar-refractivity contribution in [3.63, 3.8) is 0 Å². The van der Waals surface area contributed by atoms with E-state index < -0.39 is 11.9 Å². The molecule has 5 aromatic rings. The van der Waals surface area contributed by atoms with Crippen LogP contribution in [0.1, 0.15) is 50.5 Å². The van der Waals surface area contributed by atoms with E-state index in [9.17, 15) is 10.2 Å². The zero-order valence-corrected chi connectivity index (χ0v) is 32.0. The molecule has 0 aliphatic carbocycles. The molecule has 266 valence electrons. The fourth-order valence-electron chi connectivity index (χ4n) is 6.21. The number of nitrogens with one attached hydrogen (secondary N) is 2. The fraction of sp³-hybridized carbons (Fsp3) is 0.200. The number of fused-ring (bicyclic) bond motifs is 8. The second-order valence-electron chi connectivity index (χ2n) is 12.3. The van der Waals surface area contributed by atoms with E-state index in [1.807, 2.05) is 85.0 Å². The first-order chi connectivity index (χ1) is 24.9. The van der Waals surface area contributed by atoms with E-state index >= 15 is 0 Å². The summed E-state index contributed by atoms with van der Waals surface area (Å²) in [6, 6.07) is 22.9. The number of halogens is 2. The van der Waals surface area contributed by atoms with Gasteiger partial charge in [0.25, 0.3) is 0 Å². The van der Waals surface area contributed by atoms with Crippen molar-refractivity contribution in [2.45, 2.75) is 39.6 Å². The molecule has 4 N–H and O–H groups in total. The Labute approximate surface area is 317 Å². The summed E-state index contributed by atoms with van der Waals surface area (Å²) in [5.74, 6) is -2.71. The molecule has 2 aromatic carbocycles. The molecule has 8 bridgehead atoms. The van der Waals surface area contributed by atoms with Crippen molar-refractivity contribution in [1.29, 1.82) is 0 Å². The molecule has 2 atom stereocenters. The lowest BCUT2D eigenvalue weighted by molar-refractivity contribution is -0.305. The number of rotatable bonds is 10. The predicted octanol–water partition coefficient (Wildman–Crippen LogP) is 9.68. The van der Waals surface area contributed by atoms with Crippen LogP contribution in [0.15, 0.2) is 81.7 Å². The molecule has 52 heavy (non-hydrogen) atoms. The molecule has 2 aliphatic rings. The molecule has 10 nitrogen and oxygen atoms in total. The Balaban J connectivity index is 1.46. The van der Waals surface area contributed by atoms with Crippen LogP contribution in [0.25, 0.3) is 68.6 Å². The first-order valence-corrected chi connectivity index (χ1v) is 18.3. The minimum Gasteiger partial charge on any atom is -0.439 e. The highest BCUT2D eigenvalue weighted by molar-refractivity contribution is 9.11. The zero-order chi connectivity index (χ0) is 36.6. The molecule has 0 spiro atoms. The van der Waals surface area contributed by atoms with Gasteiger partial charge in [0.15, 0.2) is 0 Å². The van der Waals surface area contributed by atoms with Gasteiger partial charge < -0.3 is 39.1 Å². The number of hydrogen-bond donors (Lipinski definition) is 4. The van der Waals surface area contributed by atoms with Crippen LogP contribution in [0.5, 0.6) is 11.5 Å². The van der Waals surface area contributed by atoms with E-state index in [1.54, 1.807) is 26.0 Å². The maximum atomic E-state index is 10.6. The number of aromatic nitrogens is 4. The lowest BCUT2D eigenvalue weighted by Crippen LogP contribution is -2.35. The Morgan fingerprint density at radius 3 is 1.37 bits per heavy atom. The third-order valence-corrected chi connectivity index (χ3v) is 9.98. The smallest absolute Gasteiger partial charge is 0.321 e. The van der Waals surface area contributed by atoms with Crippen LogP contribution in [-0.2, 0) is 9.47 Å². The van der Waals surface area contributed by atoms with Crippen molar-refractivity contribution in [1.82, 2.24) is 19.9 Å². The van der Waals surface area contributed by atoms with Gasteiger partial charge in [-0.2, -0.15) is 0 Å². The minimum atomic E-state index is -1.79. The fourth-order valence-corrected chi connectivity index (χ4v) is 7.11. The van der Waals surface area contributed by atoms with Crippen LogP contribution in [0, 0.1) is 0 Å². The summed E-state index contributed by atoms with van der Waals surface area (Å²) in [6.45, 7) is 7.07. The standard InChI is InChI=1S/C40H36Br2N4O6/c1-5-49-39(3,47)51-25-11-7-9-23(21-25)35-27-13-17-31(43-27)37(41)33-19-15-29(45-33)36(24-10-8-12-26(22-24)52-40(4,48)50-6-2)30-16-20-34(46-30)38(42)32-18-14-28(35)44-32/h7-22,43,46-48H,5-6H2,1-4H3. The Hall–Kier alpha value is -4.56. The van der Waals surface area contributed by atoms with E-state index in [2.05, 4.69) is 41.8 Å². The number of aliphatic hydroxyl groups is 2. The average molecular weight is 829 g/mol. The van der Waals surface area contributed by atoms with Gasteiger partial charge in [-0.15, -0.1) is 0 Å². The van der Waals surface area contributed by atoms with E-state index in [0.29, 0.717) is 11.5 Å². The molecule has 2 aliphatic heterocycles. The summed E-state index contributed by atoms with van der Waals surface area (Å²) in [5.41, 5.74) is 9.46. The molecule has 0 radical (unpaired) electrons. The lowest BCUT2D eigenvalue weighted by atomic mass is 10.0. The van der Waals surface area contributed by atoms with Gasteiger partial charge in [0.2, 0.25) is 0 Å². The van der Waals surface area contributed by atoms with Crippen molar-refractivity contribution >= 4 is 78.2 Å². The highest BCUT2D eigenvalue weighted by Gasteiger charge is 2.25. The SMILES string of the molecule is CCOC(C)(O)Oc1cccc(-c2c3nc(c(Br)c4ccc([nH]4)c(-c4cccc(OC(C)(O)OCC)c4)c4nc(c(Br)c5ccc2[nH]5)C=C4)C=C3)c1. The monoisotopic (exact) mass is 826 g/mol. The van der Waals surface area contributed by atoms with Gasteiger partial charge >= 0.3 is 11.9 Å². The van der Waals surface area contributed by atoms with Gasteiger partial charge in [0, 0.05) is 36.0 Å². The number of H-pyrrole nitrogens is 2. The van der Waals surface area contributed by atoms with Crippen LogP contribution >= 0.6 is 31.9 Å². The molecule has 12 heteroatoms. The van der Waals surface area contributed by atoms with Crippen LogP contribution in [0.4, 0.5) is 0 Å². The Morgan fingerprint density at radius 1 is 0.577 bits per heavy atom. The second-order valence-corrected chi connectivity index (χ2v) is 13.9. The second kappa shape index (κ2) is 14.5. The van der Waals surface area contributed by atoms with Gasteiger partial charge in [-0.3, -0.25) is 0 Å². The summed E-state index contributed by atoms with van der Waals surface area (Å²) in [7, 11) is 0. The predicted molar refractivity (Wildman–Crippen MR) is 211 cm³/mol. The molecular weight excluding hydrogens is 792 g/mol. The quantitative estimate of drug-likeness (QED) is 0.100. The first-order valence-electron chi connectivity index (χ1n) is 16.7. The maximum absolute atomic E-state index is 10.6. The van der Waals surface area contributed by atoms with E-state index in [4.69, 9.17) is 28.9 Å². The Kier molecular flexibility index (Phi) is 9.96. The van der Waals surface area contributed by atoms with Crippen LogP contribution in [0.2, 0.25) is 0 Å². The Bertz CT molecular complexity index is 2230. The Morgan fingerprint density at radius 2 is 0.962 bits per heavy atom. The number of ether oxygens (including phenoxy) is 4. The normalized spacial score (nSPS) is 14.6. The largest absolute Gasteiger partial charge is 0.439 e. The van der Waals surface area contributed by atoms with Crippen LogP contribution in [-0.4, -0.2) is 55.3 Å². The molecular formula is C40H36Br2N4O6. The number of hydrogen-bond acceptors (Lipinski definition) is 8. The van der Waals surface area contributed by atoms with Gasteiger partial charge in [-0.1, -0.05) is 24.3 Å². The van der Waals surface area contributed by atoms with Crippen LogP contribution in [0.3, 0.4) is 0 Å². The minimum absolute atomic E-state index is 0.287. The van der Waals surface area contributed by atoms with E-state index in [-0.39, 0.29) is 13.2 Å². The highest BCUT2D eigenvalue weighted by Crippen LogP contribution is 2.38. The van der Waals surface area contributed by atoms with E-state index in [1.165, 1.54) is 13.8 Å². The molecule has 3 aromatic heterocycles. The molecule has 5 heterocycles. The average Bonchev–Trinajstić information content (AvgIpc) is 3.93. The summed E-state index contributed by atoms with van der Waals surface area (Å²) >= 11 is 7.65. The number of aromatic amines is 2. The third kappa shape index (κ3) is 7.49. The molecule has 2 unspecified atom stereocenters. The van der Waals surface area contributed by atoms with Crippen molar-refractivity contribution in [2.24, 2.45) is 0 Å². The molecule has 7 rings (SSSR count). The third-order valence-electron chi connectivity index (χ3n) is 8.31. The summed E-state index contributed by atoms with van der Waals surface area (Å²) in [4.78, 5) is 17.3. The number of benzene rings is 2. The summed E-state index contributed by atoms with van der Waals surface area (Å²) in [5, 5.41) is 21.2. The molecule has 0 fully saturated rings. The van der Waals surface area contributed by atoms with Crippen LogP contribution < -0.4 is 9.47 Å². The molecule has 0 saturated carbocycles. The van der Waals surface area contributed by atoms with Gasteiger partial charge in [0.05, 0.1) is 56.0 Å². The van der Waals surface area contributed by atoms with Crippen molar-refractivity contribution in [3.05, 3.63) is 105 Å². The topological polar surface area (TPSA) is 135 Å². The van der Waals surface area contributed by atoms with Crippen molar-refractivity contribution in [2.75, 3.05) is 13.2 Å². The zero-order valence-electron chi connectivity index (χ0n) is 28.8. The van der Waals surface area contributed by atoms with Gasteiger partial charge in [0.1, 0.15) is 11.5 Å². The van der Waals surface area contributed by atoms with Crippen molar-refractivity contribution in [3.8, 4) is 33.8 Å². The first kappa shape index (κ1) is 35.8. The van der Waals surface area contributed by atoms with Crippen molar-refractivity contribution < 1.29 is 29.2 Å². The number of nitrogens with zero attached hydrogens (tertiary/aromatic N) is 2. The summed E-state index contributed by atoms with van der Waals surface area (Å²) < 4.78 is 23.9. The maximum Gasteiger partial charge on any atom is 0.321 e. The van der Waals surface area contributed by atoms with Gasteiger partial charge in [-0.25, -0.2) is 9.97 Å². The van der Waals surface area contributed by atoms with E-state index in [0.717, 1.165) is 76.0 Å².